The van der Waals surface area contributed by atoms with Crippen LogP contribution in [0.1, 0.15) is 0 Å². The van der Waals surface area contributed by atoms with E-state index in [9.17, 15) is 13.2 Å². The van der Waals surface area contributed by atoms with E-state index in [1.165, 1.54) is 18.2 Å². The van der Waals surface area contributed by atoms with Gasteiger partial charge in [-0.1, -0.05) is 12.1 Å². The van der Waals surface area contributed by atoms with Crippen molar-refractivity contribution in [1.29, 1.82) is 0 Å². The summed E-state index contributed by atoms with van der Waals surface area (Å²) in [4.78, 5) is 10.6. The molecule has 1 heterocycles. The van der Waals surface area contributed by atoms with E-state index in [1.807, 2.05) is 5.10 Å². The van der Waals surface area contributed by atoms with E-state index < -0.39 is 14.8 Å². The molecule has 0 aliphatic rings. The van der Waals surface area contributed by atoms with Gasteiger partial charge in [0.1, 0.15) is 0 Å². The zero-order chi connectivity index (χ0) is 11.8. The number of aromatic amines is 1. The minimum atomic E-state index is -3.92. The summed E-state index contributed by atoms with van der Waals surface area (Å²) in [6.07, 6.45) is 0. The Labute approximate surface area is 94.3 Å². The van der Waals surface area contributed by atoms with Crippen LogP contribution in [0.2, 0.25) is 0 Å². The monoisotopic (exact) mass is 260 g/mol. The molecule has 0 unspecified atom stereocenters. The van der Waals surface area contributed by atoms with Gasteiger partial charge in [0, 0.05) is 10.7 Å². The van der Waals surface area contributed by atoms with Crippen molar-refractivity contribution in [1.82, 2.24) is 10.2 Å². The van der Waals surface area contributed by atoms with Crippen LogP contribution in [0.25, 0.3) is 11.5 Å². The molecule has 2 aromatic rings. The largest absolute Gasteiger partial charge is 0.434 e. The molecular weight excluding hydrogens is 256 g/mol. The summed E-state index contributed by atoms with van der Waals surface area (Å²) in [5, 5.41) is 5.57. The minimum absolute atomic E-state index is 0.121. The molecule has 0 fully saturated rings. The highest BCUT2D eigenvalue weighted by Crippen LogP contribution is 2.26. The van der Waals surface area contributed by atoms with Gasteiger partial charge in [0.25, 0.3) is 14.9 Å². The van der Waals surface area contributed by atoms with Crippen molar-refractivity contribution in [3.63, 3.8) is 0 Å². The Morgan fingerprint density at radius 2 is 2.00 bits per heavy atom. The van der Waals surface area contributed by atoms with Gasteiger partial charge >= 0.3 is 5.76 Å². The van der Waals surface area contributed by atoms with Gasteiger partial charge in [-0.3, -0.25) is 0 Å². The molecule has 0 atom stereocenters. The van der Waals surface area contributed by atoms with Crippen LogP contribution in [0.15, 0.2) is 38.4 Å². The molecule has 0 bridgehead atoms. The topological polar surface area (TPSA) is 93.0 Å². The number of aromatic nitrogens is 2. The summed E-state index contributed by atoms with van der Waals surface area (Å²) in [6, 6.07) is 5.82. The normalized spacial score (nSPS) is 11.6. The predicted octanol–water partition coefficient (Wildman–Crippen LogP) is 0.957. The smallest absolute Gasteiger partial charge is 0.388 e. The summed E-state index contributed by atoms with van der Waals surface area (Å²) in [7, 11) is 1.32. The number of H-pyrrole nitrogens is 1. The minimum Gasteiger partial charge on any atom is -0.388 e. The molecule has 0 saturated heterocycles. The Hall–Kier alpha value is -1.60. The number of nitrogens with one attached hydrogen (secondary N) is 1. The second-order valence-corrected chi connectivity index (χ2v) is 5.39. The first-order valence-corrected chi connectivity index (χ1v) is 6.39. The Balaban J connectivity index is 2.71. The summed E-state index contributed by atoms with van der Waals surface area (Å²) < 4.78 is 27.1. The van der Waals surface area contributed by atoms with E-state index in [0.717, 1.165) is 0 Å². The Morgan fingerprint density at radius 1 is 1.31 bits per heavy atom. The third kappa shape index (κ3) is 2.00. The van der Waals surface area contributed by atoms with Gasteiger partial charge in [-0.2, -0.15) is 0 Å². The Kier molecular flexibility index (Phi) is 2.56. The van der Waals surface area contributed by atoms with Crippen molar-refractivity contribution in [2.75, 3.05) is 0 Å². The predicted molar refractivity (Wildman–Crippen MR) is 55.6 cm³/mol. The first-order chi connectivity index (χ1) is 7.48. The van der Waals surface area contributed by atoms with Crippen LogP contribution in [0.5, 0.6) is 0 Å². The molecule has 8 heteroatoms. The maximum atomic E-state index is 11.2. The van der Waals surface area contributed by atoms with Crippen LogP contribution in [0, 0.1) is 0 Å². The number of nitrogens with zero attached hydrogens (tertiary/aromatic N) is 1. The van der Waals surface area contributed by atoms with Gasteiger partial charge in [0.2, 0.25) is 0 Å². The molecule has 0 aliphatic carbocycles. The molecule has 6 nitrogen and oxygen atoms in total. The number of benzene rings is 1. The fourth-order valence-electron chi connectivity index (χ4n) is 1.20. The van der Waals surface area contributed by atoms with Crippen LogP contribution < -0.4 is 5.76 Å². The average Bonchev–Trinajstić information content (AvgIpc) is 2.64. The van der Waals surface area contributed by atoms with E-state index in [0.29, 0.717) is 0 Å². The van der Waals surface area contributed by atoms with Crippen molar-refractivity contribution in [2.45, 2.75) is 4.90 Å². The van der Waals surface area contributed by atoms with E-state index in [2.05, 4.69) is 9.52 Å². The third-order valence-electron chi connectivity index (χ3n) is 1.82. The lowest BCUT2D eigenvalue weighted by Gasteiger charge is -2.00. The molecule has 84 valence electrons. The lowest BCUT2D eigenvalue weighted by atomic mass is 10.2. The maximum Gasteiger partial charge on any atom is 0.434 e. The molecule has 2 rings (SSSR count). The standard InChI is InChI=1S/C8H5ClN2O4S/c9-16(13,14)6-4-2-1-3-5(6)7-10-11-8(12)15-7/h1-4H,(H,11,12). The number of hydrogen-bond donors (Lipinski definition) is 1. The lowest BCUT2D eigenvalue weighted by molar-refractivity contribution is 0.525. The molecule has 0 amide bonds. The Bertz CT molecular complexity index is 673. The lowest BCUT2D eigenvalue weighted by Crippen LogP contribution is -1.94. The van der Waals surface area contributed by atoms with Crippen molar-refractivity contribution < 1.29 is 12.8 Å². The second-order valence-electron chi connectivity index (χ2n) is 2.85. The Morgan fingerprint density at radius 3 is 2.56 bits per heavy atom. The molecule has 0 radical (unpaired) electrons. The molecule has 0 spiro atoms. The van der Waals surface area contributed by atoms with Gasteiger partial charge in [0.05, 0.1) is 10.5 Å². The molecule has 16 heavy (non-hydrogen) atoms. The van der Waals surface area contributed by atoms with Gasteiger partial charge < -0.3 is 4.42 Å². The van der Waals surface area contributed by atoms with E-state index >= 15 is 0 Å². The summed E-state index contributed by atoms with van der Waals surface area (Å²) in [5.74, 6) is -0.887. The van der Waals surface area contributed by atoms with Crippen molar-refractivity contribution in [3.8, 4) is 11.5 Å². The quantitative estimate of drug-likeness (QED) is 0.812. The van der Waals surface area contributed by atoms with Crippen molar-refractivity contribution in [3.05, 3.63) is 34.8 Å². The average molecular weight is 261 g/mol. The fourth-order valence-corrected chi connectivity index (χ4v) is 2.26. The highest BCUT2D eigenvalue weighted by atomic mass is 35.7. The second kappa shape index (κ2) is 3.76. The van der Waals surface area contributed by atoms with Crippen LogP contribution in [0.4, 0.5) is 0 Å². The molecule has 0 aliphatic heterocycles. The number of halogens is 1. The fraction of sp³-hybridized carbons (Fsp3) is 0. The van der Waals surface area contributed by atoms with Gasteiger partial charge in [-0.05, 0) is 12.1 Å². The van der Waals surface area contributed by atoms with E-state index in [-0.39, 0.29) is 16.3 Å². The van der Waals surface area contributed by atoms with E-state index in [4.69, 9.17) is 10.7 Å². The van der Waals surface area contributed by atoms with Gasteiger partial charge in [-0.15, -0.1) is 5.10 Å². The molecule has 1 aromatic carbocycles. The van der Waals surface area contributed by atoms with Gasteiger partial charge in [-0.25, -0.2) is 18.3 Å². The molecular formula is C8H5ClN2O4S. The number of hydrogen-bond acceptors (Lipinski definition) is 5. The van der Waals surface area contributed by atoms with Crippen LogP contribution in [0.3, 0.4) is 0 Å². The van der Waals surface area contributed by atoms with Gasteiger partial charge in [0.15, 0.2) is 0 Å². The SMILES string of the molecule is O=c1[nH]nc(-c2ccccc2S(=O)(=O)Cl)o1. The van der Waals surface area contributed by atoms with Crippen molar-refractivity contribution >= 4 is 19.7 Å². The van der Waals surface area contributed by atoms with Crippen LogP contribution >= 0.6 is 10.7 Å². The van der Waals surface area contributed by atoms with E-state index in [1.54, 1.807) is 6.07 Å². The first kappa shape index (κ1) is 10.9. The summed E-state index contributed by atoms with van der Waals surface area (Å²) in [5.41, 5.74) is 0.135. The number of rotatable bonds is 2. The highest BCUT2D eigenvalue weighted by Gasteiger charge is 2.19. The summed E-state index contributed by atoms with van der Waals surface area (Å²) >= 11 is 0. The maximum absolute atomic E-state index is 11.2. The molecule has 1 aromatic heterocycles. The zero-order valence-electron chi connectivity index (χ0n) is 7.68. The summed E-state index contributed by atoms with van der Waals surface area (Å²) in [6.45, 7) is 0. The molecule has 1 N–H and O–H groups in total. The zero-order valence-corrected chi connectivity index (χ0v) is 9.25. The third-order valence-corrected chi connectivity index (χ3v) is 3.20. The van der Waals surface area contributed by atoms with Crippen LogP contribution in [-0.4, -0.2) is 18.6 Å². The highest BCUT2D eigenvalue weighted by molar-refractivity contribution is 8.13. The molecule has 0 saturated carbocycles. The van der Waals surface area contributed by atoms with Crippen LogP contribution in [-0.2, 0) is 9.05 Å². The first-order valence-electron chi connectivity index (χ1n) is 4.08. The van der Waals surface area contributed by atoms with Crippen molar-refractivity contribution in [2.24, 2.45) is 0 Å².